The van der Waals surface area contributed by atoms with Crippen molar-refractivity contribution < 1.29 is 18.3 Å². The van der Waals surface area contributed by atoms with Gasteiger partial charge < -0.3 is 5.11 Å². The van der Waals surface area contributed by atoms with Gasteiger partial charge in [-0.25, -0.2) is 22.5 Å². The van der Waals surface area contributed by atoms with Crippen molar-refractivity contribution in [2.75, 3.05) is 10.8 Å². The Hall–Kier alpha value is -2.42. The van der Waals surface area contributed by atoms with E-state index in [1.54, 1.807) is 25.1 Å². The van der Waals surface area contributed by atoms with Crippen molar-refractivity contribution in [3.8, 4) is 10.6 Å². The average molecular weight is 479 g/mol. The zero-order valence-electron chi connectivity index (χ0n) is 17.6. The maximum Gasteiger partial charge on any atom is 0.336 e. The Balaban J connectivity index is 2.07. The molecule has 0 aliphatic carbocycles. The van der Waals surface area contributed by atoms with E-state index >= 15 is 0 Å². The summed E-state index contributed by atoms with van der Waals surface area (Å²) in [5.74, 6) is -0.867. The molecule has 0 spiro atoms. The van der Waals surface area contributed by atoms with Crippen LogP contribution in [0.4, 0.5) is 5.82 Å². The fraction of sp³-hybridized carbons (Fsp3) is 0.273. The molecule has 0 saturated heterocycles. The van der Waals surface area contributed by atoms with E-state index in [1.807, 2.05) is 32.9 Å². The molecule has 0 fully saturated rings. The number of nitrogens with zero attached hydrogens (tertiary/aromatic N) is 2. The minimum absolute atomic E-state index is 0.0102. The van der Waals surface area contributed by atoms with Gasteiger partial charge in [0.2, 0.25) is 0 Å². The van der Waals surface area contributed by atoms with E-state index in [2.05, 4.69) is 4.98 Å². The van der Waals surface area contributed by atoms with Gasteiger partial charge in [0.25, 0.3) is 10.0 Å². The van der Waals surface area contributed by atoms with Crippen molar-refractivity contribution in [1.29, 1.82) is 0 Å². The molecule has 0 aliphatic heterocycles. The summed E-state index contributed by atoms with van der Waals surface area (Å²) < 4.78 is 28.1. The summed E-state index contributed by atoms with van der Waals surface area (Å²) in [5.41, 5.74) is 1.42. The van der Waals surface area contributed by atoms with Crippen LogP contribution < -0.4 is 4.31 Å². The van der Waals surface area contributed by atoms with Crippen molar-refractivity contribution in [1.82, 2.24) is 4.98 Å². The average Bonchev–Trinajstić information content (AvgIpc) is 3.09. The number of aryl methyl sites for hydroxylation is 1. The summed E-state index contributed by atoms with van der Waals surface area (Å²) >= 11 is 7.34. The number of carbonyl (C=O) groups is 1. The van der Waals surface area contributed by atoms with Crippen molar-refractivity contribution in [2.24, 2.45) is 0 Å². The largest absolute Gasteiger partial charge is 0.478 e. The molecule has 0 atom stereocenters. The van der Waals surface area contributed by atoms with Crippen LogP contribution >= 0.6 is 22.9 Å². The Kier molecular flexibility index (Phi) is 6.73. The Bertz CT molecular complexity index is 1220. The molecule has 31 heavy (non-hydrogen) atoms. The molecule has 2 aromatic carbocycles. The lowest BCUT2D eigenvalue weighted by molar-refractivity contribution is 0.0695. The molecule has 0 aliphatic rings. The van der Waals surface area contributed by atoms with Crippen molar-refractivity contribution >= 4 is 44.7 Å². The smallest absolute Gasteiger partial charge is 0.336 e. The predicted molar refractivity (Wildman–Crippen MR) is 125 cm³/mol. The molecule has 0 radical (unpaired) electrons. The molecule has 1 N–H and O–H groups in total. The van der Waals surface area contributed by atoms with E-state index < -0.39 is 16.0 Å². The van der Waals surface area contributed by atoms with E-state index in [0.29, 0.717) is 21.4 Å². The van der Waals surface area contributed by atoms with Crippen LogP contribution in [0.3, 0.4) is 0 Å². The molecule has 3 aromatic rings. The Morgan fingerprint density at radius 2 is 1.84 bits per heavy atom. The molecular formula is C22H23ClN2O4S2. The van der Waals surface area contributed by atoms with Gasteiger partial charge in [-0.1, -0.05) is 43.6 Å². The highest BCUT2D eigenvalue weighted by atomic mass is 35.5. The molecule has 1 heterocycles. The highest BCUT2D eigenvalue weighted by molar-refractivity contribution is 7.92. The van der Waals surface area contributed by atoms with Crippen LogP contribution in [0.1, 0.15) is 47.5 Å². The number of aromatic nitrogens is 1. The van der Waals surface area contributed by atoms with E-state index in [-0.39, 0.29) is 22.9 Å². The van der Waals surface area contributed by atoms with Gasteiger partial charge in [-0.3, -0.25) is 0 Å². The number of halogens is 1. The first kappa shape index (κ1) is 23.2. The lowest BCUT2D eigenvalue weighted by Gasteiger charge is -2.22. The third-order valence-electron chi connectivity index (χ3n) is 4.85. The quantitative estimate of drug-likeness (QED) is 0.463. The maximum atomic E-state index is 13.4. The summed E-state index contributed by atoms with van der Waals surface area (Å²) in [5, 5.41) is 10.9. The van der Waals surface area contributed by atoms with Gasteiger partial charge in [0.1, 0.15) is 5.01 Å². The van der Waals surface area contributed by atoms with Gasteiger partial charge in [0, 0.05) is 22.0 Å². The second-order valence-corrected chi connectivity index (χ2v) is 10.8. The fourth-order valence-electron chi connectivity index (χ4n) is 3.28. The standard InChI is InChI=1S/C22H23ClN2O4S2/c1-5-25(20-14(4)30-21(24-20)15-6-8-16(23)9-7-15)31(28,29)17-10-11-18(13(2)3)19(12-17)22(26)27/h6-13H,5H2,1-4H3,(H,26,27). The molecule has 3 rings (SSSR count). The van der Waals surface area contributed by atoms with Gasteiger partial charge in [-0.2, -0.15) is 0 Å². The summed E-state index contributed by atoms with van der Waals surface area (Å²) in [6.45, 7) is 7.42. The third-order valence-corrected chi connectivity index (χ3v) is 7.97. The number of carboxylic acids is 1. The number of hydrogen-bond acceptors (Lipinski definition) is 5. The minimum atomic E-state index is -4.01. The highest BCUT2D eigenvalue weighted by Gasteiger charge is 2.29. The van der Waals surface area contributed by atoms with Crippen LogP contribution in [0.25, 0.3) is 10.6 Å². The minimum Gasteiger partial charge on any atom is -0.478 e. The second kappa shape index (κ2) is 8.98. The van der Waals surface area contributed by atoms with E-state index in [9.17, 15) is 18.3 Å². The second-order valence-electron chi connectivity index (χ2n) is 7.28. The third kappa shape index (κ3) is 4.61. The first-order valence-electron chi connectivity index (χ1n) is 9.69. The van der Waals surface area contributed by atoms with Crippen LogP contribution in [0.15, 0.2) is 47.4 Å². The normalized spacial score (nSPS) is 11.7. The summed E-state index contributed by atoms with van der Waals surface area (Å²) in [7, 11) is -4.01. The first-order chi connectivity index (χ1) is 14.6. The topological polar surface area (TPSA) is 87.6 Å². The molecule has 164 valence electrons. The van der Waals surface area contributed by atoms with Crippen molar-refractivity contribution in [2.45, 2.75) is 38.5 Å². The Labute approximate surface area is 191 Å². The summed E-state index contributed by atoms with van der Waals surface area (Å²) in [6.07, 6.45) is 0. The van der Waals surface area contributed by atoms with Crippen LogP contribution in [-0.2, 0) is 10.0 Å². The molecule has 6 nitrogen and oxygen atoms in total. The number of thiazole rings is 1. The zero-order chi connectivity index (χ0) is 22.9. The lowest BCUT2D eigenvalue weighted by Crippen LogP contribution is -2.31. The summed E-state index contributed by atoms with van der Waals surface area (Å²) in [6, 6.07) is 11.4. The Morgan fingerprint density at radius 3 is 2.39 bits per heavy atom. The number of anilines is 1. The SMILES string of the molecule is CCN(c1nc(-c2ccc(Cl)cc2)sc1C)S(=O)(=O)c1ccc(C(C)C)c(C(=O)O)c1. The van der Waals surface area contributed by atoms with Crippen LogP contribution in [0.2, 0.25) is 5.02 Å². The number of hydrogen-bond donors (Lipinski definition) is 1. The van der Waals surface area contributed by atoms with Crippen molar-refractivity contribution in [3.05, 3.63) is 63.5 Å². The number of sulfonamides is 1. The molecule has 1 aromatic heterocycles. The predicted octanol–water partition coefficient (Wildman–Crippen LogP) is 5.81. The number of aromatic carboxylic acids is 1. The van der Waals surface area contributed by atoms with E-state index in [0.717, 1.165) is 10.4 Å². The highest BCUT2D eigenvalue weighted by Crippen LogP contribution is 2.35. The van der Waals surface area contributed by atoms with E-state index in [4.69, 9.17) is 11.6 Å². The number of rotatable bonds is 7. The Morgan fingerprint density at radius 1 is 1.19 bits per heavy atom. The number of benzene rings is 2. The molecular weight excluding hydrogens is 456 g/mol. The molecule has 0 unspecified atom stereocenters. The number of carboxylic acid groups (broad SMARTS) is 1. The monoisotopic (exact) mass is 478 g/mol. The maximum absolute atomic E-state index is 13.4. The fourth-order valence-corrected chi connectivity index (χ4v) is 5.89. The molecule has 0 bridgehead atoms. The van der Waals surface area contributed by atoms with E-state index in [1.165, 1.54) is 27.8 Å². The molecule has 0 amide bonds. The van der Waals surface area contributed by atoms with Crippen LogP contribution in [-0.4, -0.2) is 31.0 Å². The first-order valence-corrected chi connectivity index (χ1v) is 12.3. The lowest BCUT2D eigenvalue weighted by atomic mass is 9.97. The van der Waals surface area contributed by atoms with Gasteiger partial charge in [0.15, 0.2) is 5.82 Å². The van der Waals surface area contributed by atoms with Gasteiger partial charge >= 0.3 is 5.97 Å². The van der Waals surface area contributed by atoms with Crippen molar-refractivity contribution in [3.63, 3.8) is 0 Å². The zero-order valence-corrected chi connectivity index (χ0v) is 20.0. The van der Waals surface area contributed by atoms with Gasteiger partial charge in [0.05, 0.1) is 10.5 Å². The van der Waals surface area contributed by atoms with Gasteiger partial charge in [-0.15, -0.1) is 11.3 Å². The summed E-state index contributed by atoms with van der Waals surface area (Å²) in [4.78, 5) is 17.0. The molecule has 0 saturated carbocycles. The molecule has 9 heteroatoms. The van der Waals surface area contributed by atoms with Gasteiger partial charge in [-0.05, 0) is 49.6 Å². The van der Waals surface area contributed by atoms with Crippen LogP contribution in [0, 0.1) is 6.92 Å². The van der Waals surface area contributed by atoms with Crippen LogP contribution in [0.5, 0.6) is 0 Å².